The maximum atomic E-state index is 11.3. The van der Waals surface area contributed by atoms with Gasteiger partial charge in [-0.05, 0) is 24.6 Å². The van der Waals surface area contributed by atoms with Crippen molar-refractivity contribution in [2.45, 2.75) is 19.4 Å². The van der Waals surface area contributed by atoms with Crippen LogP contribution in [0.1, 0.15) is 12.0 Å². The summed E-state index contributed by atoms with van der Waals surface area (Å²) in [4.78, 5) is 26.2. The van der Waals surface area contributed by atoms with Gasteiger partial charge in [0.1, 0.15) is 11.9 Å². The molecular formula is C10H11N3O2. The quantitative estimate of drug-likeness (QED) is 0.677. The largest absolute Gasteiger partial charge is 0.358 e. The first-order valence-electron chi connectivity index (χ1n) is 4.68. The Morgan fingerprint density at radius 3 is 2.93 bits per heavy atom. The fraction of sp³-hybridized carbons (Fsp3) is 0.300. The van der Waals surface area contributed by atoms with E-state index >= 15 is 0 Å². The van der Waals surface area contributed by atoms with Crippen LogP contribution >= 0.6 is 0 Å². The van der Waals surface area contributed by atoms with Crippen molar-refractivity contribution < 1.29 is 9.59 Å². The Morgan fingerprint density at radius 2 is 2.33 bits per heavy atom. The molecule has 1 saturated heterocycles. The van der Waals surface area contributed by atoms with E-state index in [9.17, 15) is 9.59 Å². The van der Waals surface area contributed by atoms with E-state index < -0.39 is 6.04 Å². The number of aryl methyl sites for hydroxylation is 1. The summed E-state index contributed by atoms with van der Waals surface area (Å²) in [6.07, 6.45) is 1.83. The summed E-state index contributed by atoms with van der Waals surface area (Å²) in [5.74, 6) is 0.0818. The van der Waals surface area contributed by atoms with E-state index in [4.69, 9.17) is 0 Å². The zero-order chi connectivity index (χ0) is 10.8. The van der Waals surface area contributed by atoms with Crippen molar-refractivity contribution >= 4 is 17.6 Å². The van der Waals surface area contributed by atoms with Gasteiger partial charge in [0, 0.05) is 6.20 Å². The van der Waals surface area contributed by atoms with Gasteiger partial charge in [0.2, 0.25) is 11.8 Å². The van der Waals surface area contributed by atoms with Gasteiger partial charge in [-0.15, -0.1) is 0 Å². The van der Waals surface area contributed by atoms with Crippen LogP contribution in [0.15, 0.2) is 18.3 Å². The Kier molecular flexibility index (Phi) is 2.37. The third-order valence-electron chi connectivity index (χ3n) is 2.21. The number of nitrogens with one attached hydrogen (secondary N) is 2. The lowest BCUT2D eigenvalue weighted by Crippen LogP contribution is -2.30. The van der Waals surface area contributed by atoms with Crippen molar-refractivity contribution in [3.8, 4) is 0 Å². The molecule has 15 heavy (non-hydrogen) atoms. The fourth-order valence-electron chi connectivity index (χ4n) is 1.46. The monoisotopic (exact) mass is 205 g/mol. The molecule has 1 atom stereocenters. The number of hydrogen-bond donors (Lipinski definition) is 2. The van der Waals surface area contributed by atoms with Gasteiger partial charge in [0.15, 0.2) is 0 Å². The van der Waals surface area contributed by atoms with Crippen LogP contribution in [-0.2, 0) is 9.59 Å². The summed E-state index contributed by atoms with van der Waals surface area (Å²) in [5.41, 5.74) is 1.05. The molecule has 78 valence electrons. The second kappa shape index (κ2) is 3.68. The van der Waals surface area contributed by atoms with Gasteiger partial charge >= 0.3 is 0 Å². The number of carbonyl (C=O) groups excluding carboxylic acids is 2. The van der Waals surface area contributed by atoms with Gasteiger partial charge in [-0.25, -0.2) is 4.98 Å². The third-order valence-corrected chi connectivity index (χ3v) is 2.21. The molecule has 1 aromatic rings. The molecular weight excluding hydrogens is 194 g/mol. The van der Waals surface area contributed by atoms with Crippen LogP contribution in [0.3, 0.4) is 0 Å². The van der Waals surface area contributed by atoms with Gasteiger partial charge in [-0.1, -0.05) is 0 Å². The van der Waals surface area contributed by atoms with Crippen molar-refractivity contribution in [2.24, 2.45) is 0 Å². The minimum Gasteiger partial charge on any atom is -0.358 e. The molecule has 1 aliphatic rings. The molecule has 0 bridgehead atoms. The van der Waals surface area contributed by atoms with Crippen LogP contribution in [0.5, 0.6) is 0 Å². The molecule has 2 amide bonds. The number of pyridine rings is 1. The molecule has 0 saturated carbocycles. The number of carbonyl (C=O) groups is 2. The van der Waals surface area contributed by atoms with Crippen molar-refractivity contribution in [3.63, 3.8) is 0 Å². The molecule has 0 aromatic carbocycles. The number of amides is 2. The molecule has 0 radical (unpaired) electrons. The normalized spacial score (nSPS) is 20.2. The summed E-state index contributed by atoms with van der Waals surface area (Å²) in [7, 11) is 0. The molecule has 1 aromatic heterocycles. The zero-order valence-electron chi connectivity index (χ0n) is 8.28. The van der Waals surface area contributed by atoms with Crippen molar-refractivity contribution in [1.29, 1.82) is 0 Å². The predicted molar refractivity (Wildman–Crippen MR) is 54.2 cm³/mol. The van der Waals surface area contributed by atoms with Crippen molar-refractivity contribution in [2.75, 3.05) is 5.32 Å². The van der Waals surface area contributed by atoms with Gasteiger partial charge in [0.25, 0.3) is 0 Å². The number of rotatable bonds is 2. The van der Waals surface area contributed by atoms with Gasteiger partial charge in [-0.2, -0.15) is 0 Å². The molecule has 2 heterocycles. The number of imide groups is 1. The average Bonchev–Trinajstić information content (AvgIpc) is 2.45. The van der Waals surface area contributed by atoms with Crippen molar-refractivity contribution in [3.05, 3.63) is 23.9 Å². The Bertz CT molecular complexity index is 417. The van der Waals surface area contributed by atoms with Crippen LogP contribution in [0, 0.1) is 6.92 Å². The number of hydrogen-bond acceptors (Lipinski definition) is 4. The molecule has 2 N–H and O–H groups in total. The van der Waals surface area contributed by atoms with Gasteiger partial charge in [-0.3, -0.25) is 14.9 Å². The molecule has 2 rings (SSSR count). The Hall–Kier alpha value is -1.91. The Balaban J connectivity index is 2.09. The smallest absolute Gasteiger partial charge is 0.249 e. The molecule has 5 heteroatoms. The molecule has 5 nitrogen and oxygen atoms in total. The maximum absolute atomic E-state index is 11.3. The van der Waals surface area contributed by atoms with E-state index in [0.29, 0.717) is 5.82 Å². The Labute approximate surface area is 86.9 Å². The predicted octanol–water partition coefficient (Wildman–Crippen LogP) is 0.217. The summed E-state index contributed by atoms with van der Waals surface area (Å²) in [6, 6.07) is 3.20. The third kappa shape index (κ3) is 2.12. The van der Waals surface area contributed by atoms with E-state index in [-0.39, 0.29) is 18.2 Å². The number of nitrogens with zero attached hydrogens (tertiary/aromatic N) is 1. The highest BCUT2D eigenvalue weighted by Crippen LogP contribution is 2.11. The van der Waals surface area contributed by atoms with E-state index in [1.54, 1.807) is 6.20 Å². The highest BCUT2D eigenvalue weighted by atomic mass is 16.2. The first-order chi connectivity index (χ1) is 7.15. The second-order valence-electron chi connectivity index (χ2n) is 3.53. The summed E-state index contributed by atoms with van der Waals surface area (Å²) in [6.45, 7) is 1.94. The van der Waals surface area contributed by atoms with Gasteiger partial charge < -0.3 is 5.32 Å². The van der Waals surface area contributed by atoms with E-state index in [1.165, 1.54) is 0 Å². The standard InChI is InChI=1S/C10H11N3O2/c1-6-2-3-11-8(4-6)12-7-5-9(14)13-10(7)15/h2-4,7H,5H2,1H3,(H,11,12)(H,13,14,15). The van der Waals surface area contributed by atoms with Crippen LogP contribution < -0.4 is 10.6 Å². The second-order valence-corrected chi connectivity index (χ2v) is 3.53. The SMILES string of the molecule is Cc1ccnc(NC2CC(=O)NC2=O)c1. The minimum atomic E-state index is -0.494. The lowest BCUT2D eigenvalue weighted by atomic mass is 10.2. The number of anilines is 1. The summed E-state index contributed by atoms with van der Waals surface area (Å²) < 4.78 is 0. The minimum absolute atomic E-state index is 0.175. The molecule has 1 fully saturated rings. The molecule has 0 spiro atoms. The summed E-state index contributed by atoms with van der Waals surface area (Å²) in [5, 5.41) is 5.15. The highest BCUT2D eigenvalue weighted by Gasteiger charge is 2.30. The fourth-order valence-corrected chi connectivity index (χ4v) is 1.46. The first kappa shape index (κ1) is 9.64. The maximum Gasteiger partial charge on any atom is 0.249 e. The molecule has 0 aliphatic carbocycles. The lowest BCUT2D eigenvalue weighted by molar-refractivity contribution is -0.124. The topological polar surface area (TPSA) is 71.1 Å². The first-order valence-corrected chi connectivity index (χ1v) is 4.68. The van der Waals surface area contributed by atoms with E-state index in [0.717, 1.165) is 5.56 Å². The van der Waals surface area contributed by atoms with Crippen LogP contribution in [-0.4, -0.2) is 22.8 Å². The number of aromatic nitrogens is 1. The van der Waals surface area contributed by atoms with Crippen LogP contribution in [0.4, 0.5) is 5.82 Å². The summed E-state index contributed by atoms with van der Waals surface area (Å²) >= 11 is 0. The van der Waals surface area contributed by atoms with Crippen LogP contribution in [0.2, 0.25) is 0 Å². The van der Waals surface area contributed by atoms with Crippen LogP contribution in [0.25, 0.3) is 0 Å². The van der Waals surface area contributed by atoms with Crippen molar-refractivity contribution in [1.82, 2.24) is 10.3 Å². The lowest BCUT2D eigenvalue weighted by Gasteiger charge is -2.09. The van der Waals surface area contributed by atoms with E-state index in [1.807, 2.05) is 19.1 Å². The van der Waals surface area contributed by atoms with E-state index in [2.05, 4.69) is 15.6 Å². The zero-order valence-corrected chi connectivity index (χ0v) is 8.28. The highest BCUT2D eigenvalue weighted by molar-refractivity contribution is 6.06. The molecule has 1 unspecified atom stereocenters. The van der Waals surface area contributed by atoms with Gasteiger partial charge in [0.05, 0.1) is 6.42 Å². The molecule has 1 aliphatic heterocycles. The average molecular weight is 205 g/mol. The Morgan fingerprint density at radius 1 is 1.53 bits per heavy atom.